The summed E-state index contributed by atoms with van der Waals surface area (Å²) in [7, 11) is -0.813. The molecule has 0 saturated carbocycles. The Hall–Kier alpha value is -1.56. The number of amides is 1. The Morgan fingerprint density at radius 2 is 1.81 bits per heavy atom. The summed E-state index contributed by atoms with van der Waals surface area (Å²) >= 11 is 0. The minimum Gasteiger partial charge on any atom is -0.494 e. The average Bonchev–Trinajstić information content (AvgIpc) is 2.48. The van der Waals surface area contributed by atoms with E-state index < -0.39 is 10.8 Å². The maximum absolute atomic E-state index is 11.5. The molecule has 1 aromatic rings. The predicted octanol–water partition coefficient (Wildman–Crippen LogP) is 1.74. The van der Waals surface area contributed by atoms with Crippen molar-refractivity contribution in [2.24, 2.45) is 0 Å². The Bertz CT molecular complexity index is 447. The van der Waals surface area contributed by atoms with Crippen LogP contribution >= 0.6 is 0 Å². The van der Waals surface area contributed by atoms with Gasteiger partial charge in [-0.15, -0.1) is 0 Å². The molecule has 0 aromatic heterocycles. The van der Waals surface area contributed by atoms with E-state index in [1.807, 2.05) is 19.1 Å². The van der Waals surface area contributed by atoms with E-state index in [9.17, 15) is 9.00 Å². The Morgan fingerprint density at radius 3 is 2.38 bits per heavy atom. The lowest BCUT2D eigenvalue weighted by Crippen LogP contribution is -2.30. The molecule has 1 rings (SSSR count). The monoisotopic (exact) mass is 313 g/mol. The van der Waals surface area contributed by atoms with Gasteiger partial charge in [-0.1, -0.05) is 6.92 Å². The second-order valence-electron chi connectivity index (χ2n) is 4.59. The van der Waals surface area contributed by atoms with Crippen molar-refractivity contribution in [3.05, 3.63) is 24.3 Å². The Labute approximate surface area is 128 Å². The first kappa shape index (κ1) is 17.5. The first-order valence-corrected chi connectivity index (χ1v) is 8.77. The van der Waals surface area contributed by atoms with Crippen molar-refractivity contribution in [1.82, 2.24) is 5.32 Å². The highest BCUT2D eigenvalue weighted by Crippen LogP contribution is 2.17. The summed E-state index contributed by atoms with van der Waals surface area (Å²) in [6.07, 6.45) is 3.32. The van der Waals surface area contributed by atoms with Crippen LogP contribution in [0.4, 0.5) is 0 Å². The molecular formula is C15H23NO4S. The largest absolute Gasteiger partial charge is 0.494 e. The van der Waals surface area contributed by atoms with Crippen molar-refractivity contribution in [2.75, 3.05) is 31.8 Å². The molecule has 0 aliphatic heterocycles. The third-order valence-corrected chi connectivity index (χ3v) is 3.46. The second-order valence-corrected chi connectivity index (χ2v) is 6.14. The fourth-order valence-corrected chi connectivity index (χ4v) is 2.11. The van der Waals surface area contributed by atoms with E-state index in [0.29, 0.717) is 31.1 Å². The molecule has 1 amide bonds. The van der Waals surface area contributed by atoms with Crippen LogP contribution in [0.15, 0.2) is 24.3 Å². The topological polar surface area (TPSA) is 64.6 Å². The zero-order valence-corrected chi connectivity index (χ0v) is 13.4. The van der Waals surface area contributed by atoms with Gasteiger partial charge in [-0.3, -0.25) is 9.00 Å². The molecule has 0 saturated heterocycles. The minimum absolute atomic E-state index is 0.0234. The van der Waals surface area contributed by atoms with Crippen LogP contribution in [0.2, 0.25) is 0 Å². The van der Waals surface area contributed by atoms with E-state index in [0.717, 1.165) is 12.2 Å². The normalized spacial score (nSPS) is 11.7. The maximum atomic E-state index is 11.5. The van der Waals surface area contributed by atoms with E-state index in [-0.39, 0.29) is 12.5 Å². The number of hydrogen-bond acceptors (Lipinski definition) is 4. The van der Waals surface area contributed by atoms with E-state index >= 15 is 0 Å². The number of carbonyl (C=O) groups is 1. The highest BCUT2D eigenvalue weighted by Gasteiger charge is 2.03. The highest BCUT2D eigenvalue weighted by molar-refractivity contribution is 7.84. The van der Waals surface area contributed by atoms with Crippen LogP contribution in [-0.4, -0.2) is 41.9 Å². The zero-order chi connectivity index (χ0) is 15.5. The molecule has 1 aromatic carbocycles. The molecule has 0 radical (unpaired) electrons. The van der Waals surface area contributed by atoms with Gasteiger partial charge in [0.05, 0.1) is 6.61 Å². The molecule has 0 aliphatic rings. The van der Waals surface area contributed by atoms with Crippen LogP contribution in [0.3, 0.4) is 0 Å². The third kappa shape index (κ3) is 8.34. The Balaban J connectivity index is 2.21. The first-order valence-electron chi connectivity index (χ1n) is 7.04. The Kier molecular flexibility index (Phi) is 8.50. The summed E-state index contributed by atoms with van der Waals surface area (Å²) in [5, 5.41) is 2.72. The molecule has 0 heterocycles. The van der Waals surface area contributed by atoms with Gasteiger partial charge in [0.1, 0.15) is 11.5 Å². The molecule has 0 unspecified atom stereocenters. The lowest BCUT2D eigenvalue weighted by molar-refractivity contribution is -0.123. The van der Waals surface area contributed by atoms with E-state index in [1.165, 1.54) is 0 Å². The van der Waals surface area contributed by atoms with E-state index in [1.54, 1.807) is 18.4 Å². The lowest BCUT2D eigenvalue weighted by Gasteiger charge is -2.08. The maximum Gasteiger partial charge on any atom is 0.257 e. The van der Waals surface area contributed by atoms with Gasteiger partial charge < -0.3 is 14.8 Å². The standard InChI is InChI=1S/C15H23NO4S/c1-3-10-19-13-5-7-14(8-6-13)20-12-15(17)16-9-4-11-21(2)18/h5-8H,3-4,9-12H2,1-2H3,(H,16,17)/t21-/m0/s1. The van der Waals surface area contributed by atoms with Crippen LogP contribution in [0, 0.1) is 0 Å². The van der Waals surface area contributed by atoms with Crippen LogP contribution in [-0.2, 0) is 15.6 Å². The summed E-state index contributed by atoms with van der Waals surface area (Å²) in [6.45, 7) is 3.23. The summed E-state index contributed by atoms with van der Waals surface area (Å²) in [6, 6.07) is 7.19. The van der Waals surface area contributed by atoms with Crippen molar-refractivity contribution >= 4 is 16.7 Å². The van der Waals surface area contributed by atoms with Gasteiger partial charge >= 0.3 is 0 Å². The van der Waals surface area contributed by atoms with Gasteiger partial charge in [0.25, 0.3) is 5.91 Å². The van der Waals surface area contributed by atoms with Crippen LogP contribution < -0.4 is 14.8 Å². The summed E-state index contributed by atoms with van der Waals surface area (Å²) in [5.74, 6) is 1.84. The molecule has 0 bridgehead atoms. The molecule has 0 aliphatic carbocycles. The summed E-state index contributed by atoms with van der Waals surface area (Å²) in [5.41, 5.74) is 0. The molecule has 21 heavy (non-hydrogen) atoms. The van der Waals surface area contributed by atoms with Gasteiger partial charge in [-0.2, -0.15) is 0 Å². The van der Waals surface area contributed by atoms with Gasteiger partial charge in [0.15, 0.2) is 6.61 Å². The molecule has 118 valence electrons. The molecule has 1 N–H and O–H groups in total. The van der Waals surface area contributed by atoms with E-state index in [2.05, 4.69) is 5.32 Å². The molecule has 0 spiro atoms. The number of ether oxygens (including phenoxy) is 2. The second kappa shape index (κ2) is 10.2. The number of carbonyl (C=O) groups excluding carboxylic acids is 1. The summed E-state index contributed by atoms with van der Waals surface area (Å²) < 4.78 is 21.7. The molecule has 0 fully saturated rings. The van der Waals surface area contributed by atoms with Crippen molar-refractivity contribution in [3.8, 4) is 11.5 Å². The van der Waals surface area contributed by atoms with Crippen molar-refractivity contribution in [3.63, 3.8) is 0 Å². The SMILES string of the molecule is CCCOc1ccc(OCC(=O)NCCC[S@](C)=O)cc1. The number of nitrogens with one attached hydrogen (secondary N) is 1. The average molecular weight is 313 g/mol. The smallest absolute Gasteiger partial charge is 0.257 e. The highest BCUT2D eigenvalue weighted by atomic mass is 32.2. The predicted molar refractivity (Wildman–Crippen MR) is 84.3 cm³/mol. The zero-order valence-electron chi connectivity index (χ0n) is 12.6. The third-order valence-electron chi connectivity index (χ3n) is 2.60. The summed E-state index contributed by atoms with van der Waals surface area (Å²) in [4.78, 5) is 11.5. The van der Waals surface area contributed by atoms with Crippen molar-refractivity contribution in [1.29, 1.82) is 0 Å². The van der Waals surface area contributed by atoms with E-state index in [4.69, 9.17) is 9.47 Å². The fraction of sp³-hybridized carbons (Fsp3) is 0.533. The fourth-order valence-electron chi connectivity index (χ4n) is 1.56. The number of rotatable bonds is 10. The van der Waals surface area contributed by atoms with Crippen LogP contribution in [0.25, 0.3) is 0 Å². The van der Waals surface area contributed by atoms with Crippen LogP contribution in [0.5, 0.6) is 11.5 Å². The molecule has 1 atom stereocenters. The molecule has 6 heteroatoms. The molecular weight excluding hydrogens is 290 g/mol. The first-order chi connectivity index (χ1) is 10.1. The van der Waals surface area contributed by atoms with Gasteiger partial charge in [0, 0.05) is 29.4 Å². The number of benzene rings is 1. The van der Waals surface area contributed by atoms with Gasteiger partial charge in [-0.05, 0) is 37.1 Å². The molecule has 5 nitrogen and oxygen atoms in total. The van der Waals surface area contributed by atoms with Crippen LogP contribution in [0.1, 0.15) is 19.8 Å². The number of hydrogen-bond donors (Lipinski definition) is 1. The quantitative estimate of drug-likeness (QED) is 0.668. The van der Waals surface area contributed by atoms with Crippen molar-refractivity contribution < 1.29 is 18.5 Å². The van der Waals surface area contributed by atoms with Gasteiger partial charge in [-0.25, -0.2) is 0 Å². The lowest BCUT2D eigenvalue weighted by atomic mass is 10.3. The Morgan fingerprint density at radius 1 is 1.19 bits per heavy atom. The minimum atomic E-state index is -0.813. The van der Waals surface area contributed by atoms with Crippen molar-refractivity contribution in [2.45, 2.75) is 19.8 Å². The van der Waals surface area contributed by atoms with Gasteiger partial charge in [0.2, 0.25) is 0 Å².